The van der Waals surface area contributed by atoms with E-state index in [0.29, 0.717) is 18.9 Å². The molecule has 1 atom stereocenters. The minimum Gasteiger partial charge on any atom is -0.496 e. The third-order valence-electron chi connectivity index (χ3n) is 3.00. The van der Waals surface area contributed by atoms with Crippen LogP contribution in [0.25, 0.3) is 0 Å². The van der Waals surface area contributed by atoms with Gasteiger partial charge in [0, 0.05) is 25.8 Å². The molecule has 1 rings (SSSR count). The summed E-state index contributed by atoms with van der Waals surface area (Å²) in [7, 11) is 3.17. The third-order valence-corrected chi connectivity index (χ3v) is 3.00. The second-order valence-electron chi connectivity index (χ2n) is 4.62. The minimum atomic E-state index is -0.412. The molecule has 0 aliphatic carbocycles. The Bertz CT molecular complexity index is 431. The van der Waals surface area contributed by atoms with Crippen molar-refractivity contribution in [1.82, 2.24) is 5.32 Å². The predicted molar refractivity (Wildman–Crippen MR) is 77.1 cm³/mol. The number of hydrogen-bond acceptors (Lipinski definition) is 5. The fourth-order valence-electron chi connectivity index (χ4n) is 2.02. The van der Waals surface area contributed by atoms with Crippen molar-refractivity contribution in [3.05, 3.63) is 33.9 Å². The molecule has 0 saturated heterocycles. The van der Waals surface area contributed by atoms with Crippen molar-refractivity contribution in [3.8, 4) is 5.75 Å². The van der Waals surface area contributed by atoms with Gasteiger partial charge >= 0.3 is 0 Å². The maximum atomic E-state index is 10.9. The summed E-state index contributed by atoms with van der Waals surface area (Å²) in [6.45, 7) is 3.28. The summed E-state index contributed by atoms with van der Waals surface area (Å²) in [6.07, 6.45) is 2.05. The lowest BCUT2D eigenvalue weighted by molar-refractivity contribution is -0.385. The molecule has 20 heavy (non-hydrogen) atoms. The van der Waals surface area contributed by atoms with Gasteiger partial charge in [-0.05, 0) is 18.1 Å². The summed E-state index contributed by atoms with van der Waals surface area (Å²) in [5, 5.41) is 14.2. The van der Waals surface area contributed by atoms with Crippen LogP contribution in [0.5, 0.6) is 5.75 Å². The van der Waals surface area contributed by atoms with E-state index in [1.807, 2.05) is 0 Å². The lowest BCUT2D eigenvalue weighted by Crippen LogP contribution is -2.32. The molecular formula is C14H22N2O4. The van der Waals surface area contributed by atoms with E-state index in [4.69, 9.17) is 9.47 Å². The van der Waals surface area contributed by atoms with E-state index in [2.05, 4.69) is 12.2 Å². The first-order chi connectivity index (χ1) is 9.60. The fraction of sp³-hybridized carbons (Fsp3) is 0.571. The molecule has 0 aliphatic rings. The van der Waals surface area contributed by atoms with Gasteiger partial charge in [-0.3, -0.25) is 10.1 Å². The molecule has 0 radical (unpaired) electrons. The second kappa shape index (κ2) is 8.50. The largest absolute Gasteiger partial charge is 0.496 e. The number of hydrogen-bond donors (Lipinski definition) is 1. The first-order valence-corrected chi connectivity index (χ1v) is 6.65. The van der Waals surface area contributed by atoms with E-state index >= 15 is 0 Å². The quantitative estimate of drug-likeness (QED) is 0.556. The first-order valence-electron chi connectivity index (χ1n) is 6.65. The summed E-state index contributed by atoms with van der Waals surface area (Å²) in [6, 6.07) is 5.03. The number of ether oxygens (including phenoxy) is 2. The highest BCUT2D eigenvalue weighted by Crippen LogP contribution is 2.22. The van der Waals surface area contributed by atoms with Crippen LogP contribution in [0, 0.1) is 10.1 Å². The summed E-state index contributed by atoms with van der Waals surface area (Å²) in [5.74, 6) is 0.495. The maximum absolute atomic E-state index is 10.9. The molecule has 112 valence electrons. The predicted octanol–water partition coefficient (Wildman–Crippen LogP) is 2.51. The fourth-order valence-corrected chi connectivity index (χ4v) is 2.02. The number of non-ortho nitro benzene ring substituents is 1. The van der Waals surface area contributed by atoms with Crippen LogP contribution in [0.15, 0.2) is 18.2 Å². The minimum absolute atomic E-state index is 0.0416. The first kappa shape index (κ1) is 16.4. The zero-order valence-electron chi connectivity index (χ0n) is 12.2. The summed E-state index contributed by atoms with van der Waals surface area (Å²) in [4.78, 5) is 10.5. The number of nitrogens with zero attached hydrogens (tertiary/aromatic N) is 1. The lowest BCUT2D eigenvalue weighted by Gasteiger charge is -2.17. The van der Waals surface area contributed by atoms with Crippen LogP contribution < -0.4 is 10.1 Å². The highest BCUT2D eigenvalue weighted by Gasteiger charge is 2.12. The molecule has 1 aromatic carbocycles. The topological polar surface area (TPSA) is 73.6 Å². The molecule has 6 nitrogen and oxygen atoms in total. The Kier molecular flexibility index (Phi) is 6.97. The van der Waals surface area contributed by atoms with Gasteiger partial charge in [0.25, 0.3) is 5.69 Å². The SMILES string of the molecule is CCCC(COC)NCc1cc(OC)cc([N+](=O)[O-])c1. The maximum Gasteiger partial charge on any atom is 0.273 e. The van der Waals surface area contributed by atoms with Crippen LogP contribution in [0.2, 0.25) is 0 Å². The van der Waals surface area contributed by atoms with E-state index in [1.165, 1.54) is 13.2 Å². The van der Waals surface area contributed by atoms with Crippen molar-refractivity contribution < 1.29 is 14.4 Å². The van der Waals surface area contributed by atoms with Gasteiger partial charge < -0.3 is 14.8 Å². The van der Waals surface area contributed by atoms with Crippen molar-refractivity contribution in [2.75, 3.05) is 20.8 Å². The molecular weight excluding hydrogens is 260 g/mol. The molecule has 0 aromatic heterocycles. The van der Waals surface area contributed by atoms with Crippen molar-refractivity contribution in [2.24, 2.45) is 0 Å². The molecule has 0 aliphatic heterocycles. The standard InChI is InChI=1S/C14H22N2O4/c1-4-5-12(10-19-2)15-9-11-6-13(16(17)18)8-14(7-11)20-3/h6-8,12,15H,4-5,9-10H2,1-3H3. The third kappa shape index (κ3) is 5.14. The molecule has 1 unspecified atom stereocenters. The monoisotopic (exact) mass is 282 g/mol. The van der Waals surface area contributed by atoms with Gasteiger partial charge in [-0.15, -0.1) is 0 Å². The molecule has 0 amide bonds. The number of nitro benzene ring substituents is 1. The van der Waals surface area contributed by atoms with Gasteiger partial charge in [0.05, 0.1) is 24.7 Å². The highest BCUT2D eigenvalue weighted by molar-refractivity contribution is 5.42. The zero-order valence-corrected chi connectivity index (χ0v) is 12.2. The smallest absolute Gasteiger partial charge is 0.273 e. The Balaban J connectivity index is 2.75. The van der Waals surface area contributed by atoms with Crippen molar-refractivity contribution in [1.29, 1.82) is 0 Å². The Morgan fingerprint density at radius 2 is 2.10 bits per heavy atom. The number of methoxy groups -OCH3 is 2. The Morgan fingerprint density at radius 1 is 1.35 bits per heavy atom. The molecule has 0 fully saturated rings. The number of nitro groups is 1. The molecule has 1 N–H and O–H groups in total. The molecule has 0 saturated carbocycles. The summed E-state index contributed by atoms with van der Waals surface area (Å²) in [5.41, 5.74) is 0.869. The highest BCUT2D eigenvalue weighted by atomic mass is 16.6. The Morgan fingerprint density at radius 3 is 2.65 bits per heavy atom. The molecule has 0 spiro atoms. The van der Waals surface area contributed by atoms with Gasteiger partial charge in [-0.1, -0.05) is 13.3 Å². The van der Waals surface area contributed by atoms with Crippen molar-refractivity contribution in [2.45, 2.75) is 32.4 Å². The van der Waals surface area contributed by atoms with E-state index in [-0.39, 0.29) is 11.7 Å². The normalized spacial score (nSPS) is 12.2. The van der Waals surface area contributed by atoms with Crippen LogP contribution in [0.1, 0.15) is 25.3 Å². The zero-order chi connectivity index (χ0) is 15.0. The van der Waals surface area contributed by atoms with Crippen LogP contribution in [0.3, 0.4) is 0 Å². The average molecular weight is 282 g/mol. The molecule has 1 aromatic rings. The van der Waals surface area contributed by atoms with E-state index in [0.717, 1.165) is 18.4 Å². The number of rotatable bonds is 9. The van der Waals surface area contributed by atoms with Gasteiger partial charge in [0.15, 0.2) is 0 Å². The van der Waals surface area contributed by atoms with E-state index in [9.17, 15) is 10.1 Å². The Labute approximate surface area is 119 Å². The molecule has 6 heteroatoms. The van der Waals surface area contributed by atoms with Gasteiger partial charge in [0.2, 0.25) is 0 Å². The lowest BCUT2D eigenvalue weighted by atomic mass is 10.1. The van der Waals surface area contributed by atoms with Gasteiger partial charge in [0.1, 0.15) is 5.75 Å². The summed E-state index contributed by atoms with van der Waals surface area (Å²) < 4.78 is 10.2. The van der Waals surface area contributed by atoms with Gasteiger partial charge in [-0.25, -0.2) is 0 Å². The van der Waals surface area contributed by atoms with Crippen LogP contribution in [0.4, 0.5) is 5.69 Å². The van der Waals surface area contributed by atoms with Crippen LogP contribution >= 0.6 is 0 Å². The second-order valence-corrected chi connectivity index (χ2v) is 4.62. The van der Waals surface area contributed by atoms with Gasteiger partial charge in [-0.2, -0.15) is 0 Å². The van der Waals surface area contributed by atoms with E-state index < -0.39 is 4.92 Å². The average Bonchev–Trinajstić information content (AvgIpc) is 2.44. The Hall–Kier alpha value is -1.66. The van der Waals surface area contributed by atoms with Crippen molar-refractivity contribution in [3.63, 3.8) is 0 Å². The number of nitrogens with one attached hydrogen (secondary N) is 1. The van der Waals surface area contributed by atoms with E-state index in [1.54, 1.807) is 19.2 Å². The summed E-state index contributed by atoms with van der Waals surface area (Å²) >= 11 is 0. The van der Waals surface area contributed by atoms with Crippen LogP contribution in [-0.2, 0) is 11.3 Å². The van der Waals surface area contributed by atoms with Crippen LogP contribution in [-0.4, -0.2) is 31.8 Å². The number of benzene rings is 1. The van der Waals surface area contributed by atoms with Crippen molar-refractivity contribution >= 4 is 5.69 Å². The molecule has 0 heterocycles. The molecule has 0 bridgehead atoms.